The number of likely N-dealkylation sites (N-methyl/N-ethyl adjacent to an activating group) is 1. The first-order valence-electron chi connectivity index (χ1n) is 14.1. The summed E-state index contributed by atoms with van der Waals surface area (Å²) in [5.74, 6) is -0.683. The van der Waals surface area contributed by atoms with Gasteiger partial charge in [0.05, 0.1) is 16.0 Å². The van der Waals surface area contributed by atoms with Crippen LogP contribution in [0.1, 0.15) is 65.1 Å². The highest BCUT2D eigenvalue weighted by Crippen LogP contribution is 2.43. The highest BCUT2D eigenvalue weighted by atomic mass is 32.2. The van der Waals surface area contributed by atoms with Gasteiger partial charge in [-0.25, -0.2) is 4.39 Å². The number of carbonyl (C=O) groups is 2. The number of nitrogens with one attached hydrogen (secondary N) is 3. The minimum Gasteiger partial charge on any atom is -0.358 e. The van der Waals surface area contributed by atoms with Gasteiger partial charge in [-0.05, 0) is 87.7 Å². The molecular weight excluding hydrogens is 559 g/mol. The van der Waals surface area contributed by atoms with E-state index in [2.05, 4.69) is 34.4 Å². The van der Waals surface area contributed by atoms with Gasteiger partial charge in [-0.3, -0.25) is 14.1 Å². The summed E-state index contributed by atoms with van der Waals surface area (Å²) in [5.41, 5.74) is 6.78. The van der Waals surface area contributed by atoms with E-state index in [4.69, 9.17) is 4.55 Å². The number of carbonyl (C=O) groups excluding carboxylic acids is 2. The second-order valence-corrected chi connectivity index (χ2v) is 11.8. The number of aryl methyl sites for hydroxylation is 2. The first-order chi connectivity index (χ1) is 19.9. The molecule has 0 bridgehead atoms. The number of amides is 2. The number of benzene rings is 2. The number of aromatic amines is 1. The zero-order valence-electron chi connectivity index (χ0n) is 24.3. The summed E-state index contributed by atoms with van der Waals surface area (Å²) in [6.45, 7) is 11.2. The van der Waals surface area contributed by atoms with E-state index >= 15 is 0 Å². The standard InChI is InChI=1S/C24H29FN4O2.C7H8O3S/c1-4-29(5-2)12-11-26-23(30)20-14(3)27-22-16(20)7-6-8-17(22)21-18-13-15(25)9-10-19(18)28-24(21)31;1-6-2-4-7(5-3-6)11(8,9)10/h9-10,13,27H,4-8,11-12H2,1-3H3,(H,26,30)(H,28,31);2-5H,1H3,(H,8,9,10). The number of anilines is 1. The molecule has 42 heavy (non-hydrogen) atoms. The maximum absolute atomic E-state index is 13.9. The van der Waals surface area contributed by atoms with Gasteiger partial charge in [0.25, 0.3) is 21.9 Å². The molecule has 0 saturated heterocycles. The quantitative estimate of drug-likeness (QED) is 0.225. The van der Waals surface area contributed by atoms with Gasteiger partial charge in [-0.15, -0.1) is 0 Å². The lowest BCUT2D eigenvalue weighted by Gasteiger charge is -2.19. The highest BCUT2D eigenvalue weighted by molar-refractivity contribution is 7.85. The molecule has 0 saturated carbocycles. The topological polar surface area (TPSA) is 132 Å². The fourth-order valence-electron chi connectivity index (χ4n) is 5.41. The third-order valence-electron chi connectivity index (χ3n) is 7.63. The molecule has 3 aromatic rings. The number of fused-ring (bicyclic) bond motifs is 2. The molecule has 0 spiro atoms. The van der Waals surface area contributed by atoms with Crippen LogP contribution in [0.4, 0.5) is 10.1 Å². The number of halogens is 1. The minimum atomic E-state index is -4.02. The predicted molar refractivity (Wildman–Crippen MR) is 161 cm³/mol. The Bertz CT molecular complexity index is 1620. The van der Waals surface area contributed by atoms with E-state index < -0.39 is 10.1 Å². The van der Waals surface area contributed by atoms with E-state index in [0.717, 1.165) is 60.6 Å². The summed E-state index contributed by atoms with van der Waals surface area (Å²) < 4.78 is 43.5. The lowest BCUT2D eigenvalue weighted by Crippen LogP contribution is -2.35. The molecular formula is C31H37FN4O5S. The molecule has 0 fully saturated rings. The first-order valence-corrected chi connectivity index (χ1v) is 15.5. The third-order valence-corrected chi connectivity index (χ3v) is 8.50. The number of aromatic nitrogens is 1. The zero-order valence-corrected chi connectivity index (χ0v) is 25.1. The van der Waals surface area contributed by atoms with Crippen LogP contribution in [-0.2, 0) is 21.3 Å². The van der Waals surface area contributed by atoms with E-state index in [0.29, 0.717) is 35.4 Å². The van der Waals surface area contributed by atoms with Gasteiger partial charge >= 0.3 is 0 Å². The van der Waals surface area contributed by atoms with E-state index in [9.17, 15) is 22.4 Å². The normalized spacial score (nSPS) is 15.9. The number of allylic oxidation sites excluding steroid dienone is 1. The van der Waals surface area contributed by atoms with Crippen molar-refractivity contribution in [2.24, 2.45) is 0 Å². The fourth-order valence-corrected chi connectivity index (χ4v) is 5.89. The number of hydrogen-bond acceptors (Lipinski definition) is 5. The molecule has 0 radical (unpaired) electrons. The molecule has 2 aromatic carbocycles. The monoisotopic (exact) mass is 596 g/mol. The molecule has 0 atom stereocenters. The number of hydrogen-bond donors (Lipinski definition) is 4. The molecule has 0 unspecified atom stereocenters. The summed E-state index contributed by atoms with van der Waals surface area (Å²) in [4.78, 5) is 31.3. The minimum absolute atomic E-state index is 0.0666. The van der Waals surface area contributed by atoms with Crippen LogP contribution in [0.25, 0.3) is 11.1 Å². The lowest BCUT2D eigenvalue weighted by molar-refractivity contribution is -0.110. The van der Waals surface area contributed by atoms with Crippen molar-refractivity contribution in [2.75, 3.05) is 31.5 Å². The summed E-state index contributed by atoms with van der Waals surface area (Å²) in [6, 6.07) is 10.3. The molecule has 2 aliphatic rings. The number of nitrogens with zero attached hydrogens (tertiary/aromatic N) is 1. The van der Waals surface area contributed by atoms with Crippen molar-refractivity contribution in [3.8, 4) is 0 Å². The molecule has 9 nitrogen and oxygen atoms in total. The second kappa shape index (κ2) is 13.0. The van der Waals surface area contributed by atoms with Crippen molar-refractivity contribution in [1.29, 1.82) is 0 Å². The Morgan fingerprint density at radius 2 is 1.76 bits per heavy atom. The maximum atomic E-state index is 13.9. The van der Waals surface area contributed by atoms with Crippen molar-refractivity contribution in [2.45, 2.75) is 51.9 Å². The number of rotatable bonds is 7. The Kier molecular flexibility index (Phi) is 9.65. The Morgan fingerprint density at radius 1 is 1.07 bits per heavy atom. The molecule has 2 heterocycles. The number of H-pyrrole nitrogens is 1. The van der Waals surface area contributed by atoms with Gasteiger partial charge in [0.2, 0.25) is 0 Å². The van der Waals surface area contributed by atoms with Gasteiger partial charge < -0.3 is 20.5 Å². The van der Waals surface area contributed by atoms with Gasteiger partial charge in [0.15, 0.2) is 0 Å². The lowest BCUT2D eigenvalue weighted by atomic mass is 9.86. The van der Waals surface area contributed by atoms with Crippen LogP contribution in [-0.4, -0.2) is 60.8 Å². The first kappa shape index (κ1) is 31.1. The van der Waals surface area contributed by atoms with Crippen molar-refractivity contribution in [3.63, 3.8) is 0 Å². The largest absolute Gasteiger partial charge is 0.358 e. The summed E-state index contributed by atoms with van der Waals surface area (Å²) in [5, 5.41) is 5.88. The van der Waals surface area contributed by atoms with Gasteiger partial charge in [0, 0.05) is 35.7 Å². The molecule has 1 aliphatic carbocycles. The van der Waals surface area contributed by atoms with Crippen molar-refractivity contribution in [3.05, 3.63) is 81.9 Å². The smallest absolute Gasteiger partial charge is 0.294 e. The Labute approximate surface area is 246 Å². The van der Waals surface area contributed by atoms with Crippen LogP contribution in [0.15, 0.2) is 47.4 Å². The summed E-state index contributed by atoms with van der Waals surface area (Å²) >= 11 is 0. The molecule has 1 aromatic heterocycles. The second-order valence-electron chi connectivity index (χ2n) is 10.4. The Morgan fingerprint density at radius 3 is 2.40 bits per heavy atom. The SMILES string of the molecule is CCN(CC)CCNC(=O)c1c(C)[nH]c2c1CCCC2=C1C(=O)Nc2ccc(F)cc21.Cc1ccc(S(=O)(=O)O)cc1. The van der Waals surface area contributed by atoms with Crippen LogP contribution >= 0.6 is 0 Å². The van der Waals surface area contributed by atoms with Gasteiger partial charge in [0.1, 0.15) is 5.82 Å². The Hall–Kier alpha value is -3.80. The molecule has 2 amide bonds. The van der Waals surface area contributed by atoms with Gasteiger partial charge in [-0.2, -0.15) is 8.42 Å². The van der Waals surface area contributed by atoms with E-state index in [1.165, 1.54) is 24.3 Å². The van der Waals surface area contributed by atoms with Crippen LogP contribution in [0.5, 0.6) is 0 Å². The summed E-state index contributed by atoms with van der Waals surface area (Å²) in [7, 11) is -4.02. The highest BCUT2D eigenvalue weighted by Gasteiger charge is 2.33. The van der Waals surface area contributed by atoms with E-state index in [1.807, 2.05) is 13.8 Å². The molecule has 11 heteroatoms. The van der Waals surface area contributed by atoms with Crippen molar-refractivity contribution < 1.29 is 27.0 Å². The molecule has 1 aliphatic heterocycles. The molecule has 224 valence electrons. The van der Waals surface area contributed by atoms with Crippen molar-refractivity contribution >= 4 is 38.8 Å². The average Bonchev–Trinajstić information content (AvgIpc) is 3.46. The third kappa shape index (κ3) is 6.80. The van der Waals surface area contributed by atoms with Gasteiger partial charge in [-0.1, -0.05) is 31.5 Å². The fraction of sp³-hybridized carbons (Fsp3) is 0.355. The zero-order chi connectivity index (χ0) is 30.6. The molecule has 4 N–H and O–H groups in total. The van der Waals surface area contributed by atoms with E-state index in [-0.39, 0.29) is 22.5 Å². The van der Waals surface area contributed by atoms with Crippen LogP contribution < -0.4 is 10.6 Å². The average molecular weight is 597 g/mol. The Balaban J connectivity index is 0.000000310. The summed E-state index contributed by atoms with van der Waals surface area (Å²) in [6.07, 6.45) is 2.31. The predicted octanol–water partition coefficient (Wildman–Crippen LogP) is 4.97. The van der Waals surface area contributed by atoms with Crippen LogP contribution in [0.2, 0.25) is 0 Å². The molecule has 5 rings (SSSR count). The van der Waals surface area contributed by atoms with Crippen molar-refractivity contribution in [1.82, 2.24) is 15.2 Å². The van der Waals surface area contributed by atoms with Crippen LogP contribution in [0.3, 0.4) is 0 Å². The van der Waals surface area contributed by atoms with E-state index in [1.54, 1.807) is 18.2 Å². The maximum Gasteiger partial charge on any atom is 0.294 e. The van der Waals surface area contributed by atoms with Crippen LogP contribution in [0, 0.1) is 19.7 Å².